The van der Waals surface area contributed by atoms with Crippen molar-refractivity contribution in [2.75, 3.05) is 13.2 Å². The highest BCUT2D eigenvalue weighted by molar-refractivity contribution is 5.97. The summed E-state index contributed by atoms with van der Waals surface area (Å²) in [5.41, 5.74) is -0.0856. The summed E-state index contributed by atoms with van der Waals surface area (Å²) in [6.07, 6.45) is -3.81. The van der Waals surface area contributed by atoms with E-state index >= 15 is 0 Å². The molecule has 0 saturated carbocycles. The summed E-state index contributed by atoms with van der Waals surface area (Å²) < 4.78 is 62.6. The number of nitrogens with one attached hydrogen (secondary N) is 2. The lowest BCUT2D eigenvalue weighted by Gasteiger charge is -2.31. The van der Waals surface area contributed by atoms with Crippen molar-refractivity contribution in [3.05, 3.63) is 77.4 Å². The number of amides is 2. The van der Waals surface area contributed by atoms with E-state index in [1.165, 1.54) is 37.4 Å². The molecule has 5 rings (SSSR count). The summed E-state index contributed by atoms with van der Waals surface area (Å²) in [7, 11) is 0. The molecule has 39 heavy (non-hydrogen) atoms. The normalized spacial score (nSPS) is 18.3. The minimum Gasteiger partial charge on any atom is -0.489 e. The lowest BCUT2D eigenvalue weighted by Crippen LogP contribution is -2.51. The van der Waals surface area contributed by atoms with E-state index in [1.54, 1.807) is 6.07 Å². The summed E-state index contributed by atoms with van der Waals surface area (Å²) in [4.78, 5) is 29.1. The molecular formula is C26H21F4N5O4. The van der Waals surface area contributed by atoms with Crippen LogP contribution in [0.2, 0.25) is 0 Å². The summed E-state index contributed by atoms with van der Waals surface area (Å²) in [5, 5.41) is 20.4. The Balaban J connectivity index is 1.59. The number of primary amides is 1. The Kier molecular flexibility index (Phi) is 6.06. The van der Waals surface area contributed by atoms with Gasteiger partial charge in [0.15, 0.2) is 0 Å². The molecule has 0 fully saturated rings. The van der Waals surface area contributed by atoms with Crippen molar-refractivity contribution in [3.8, 4) is 17.0 Å². The summed E-state index contributed by atoms with van der Waals surface area (Å²) in [6, 6.07) is 9.95. The van der Waals surface area contributed by atoms with E-state index in [2.05, 4.69) is 20.5 Å². The van der Waals surface area contributed by atoms with Crippen molar-refractivity contribution in [1.82, 2.24) is 20.5 Å². The van der Waals surface area contributed by atoms with Crippen molar-refractivity contribution >= 4 is 22.7 Å². The van der Waals surface area contributed by atoms with Crippen LogP contribution in [0.4, 0.5) is 17.6 Å². The molecule has 0 aliphatic carbocycles. The van der Waals surface area contributed by atoms with E-state index in [1.807, 2.05) is 0 Å². The topological polar surface area (TPSA) is 143 Å². The number of halogens is 4. The van der Waals surface area contributed by atoms with Crippen LogP contribution in [0.1, 0.15) is 28.5 Å². The van der Waals surface area contributed by atoms with Gasteiger partial charge in [-0.05, 0) is 49.4 Å². The number of hydrogen-bond acceptors (Lipinski definition) is 6. The third kappa shape index (κ3) is 4.34. The van der Waals surface area contributed by atoms with E-state index < -0.39 is 47.1 Å². The van der Waals surface area contributed by atoms with Gasteiger partial charge in [-0.15, -0.1) is 0 Å². The van der Waals surface area contributed by atoms with Crippen molar-refractivity contribution < 1.29 is 37.0 Å². The number of fused-ring (bicyclic) bond motifs is 2. The van der Waals surface area contributed by atoms with Crippen LogP contribution in [0.3, 0.4) is 0 Å². The predicted octanol–water partition coefficient (Wildman–Crippen LogP) is 3.08. The molecule has 9 nitrogen and oxygen atoms in total. The van der Waals surface area contributed by atoms with E-state index in [0.717, 1.165) is 18.2 Å². The number of H-pyrrole nitrogens is 1. The maximum Gasteiger partial charge on any atom is 0.424 e. The molecule has 2 aromatic carbocycles. The molecular weight excluding hydrogens is 522 g/mol. The number of ether oxygens (including phenoxy) is 1. The van der Waals surface area contributed by atoms with Crippen molar-refractivity contribution in [3.63, 3.8) is 0 Å². The van der Waals surface area contributed by atoms with E-state index in [4.69, 9.17) is 10.5 Å². The van der Waals surface area contributed by atoms with Crippen LogP contribution in [0.15, 0.2) is 54.7 Å². The molecule has 5 N–H and O–H groups in total. The number of alkyl halides is 3. The van der Waals surface area contributed by atoms with Crippen LogP contribution < -0.4 is 15.8 Å². The van der Waals surface area contributed by atoms with Gasteiger partial charge in [0.1, 0.15) is 29.3 Å². The summed E-state index contributed by atoms with van der Waals surface area (Å²) in [5.74, 6) is -2.38. The van der Waals surface area contributed by atoms with Crippen molar-refractivity contribution in [2.45, 2.75) is 24.1 Å². The Morgan fingerprint density at radius 3 is 2.56 bits per heavy atom. The molecule has 0 radical (unpaired) electrons. The largest absolute Gasteiger partial charge is 0.489 e. The quantitative estimate of drug-likeness (QED) is 0.275. The van der Waals surface area contributed by atoms with E-state index in [-0.39, 0.29) is 34.7 Å². The van der Waals surface area contributed by atoms with Gasteiger partial charge in [-0.25, -0.2) is 9.37 Å². The van der Waals surface area contributed by atoms with Crippen molar-refractivity contribution in [2.24, 2.45) is 5.73 Å². The zero-order valence-electron chi connectivity index (χ0n) is 20.3. The monoisotopic (exact) mass is 543 g/mol. The molecule has 1 aliphatic heterocycles. The van der Waals surface area contributed by atoms with Crippen LogP contribution in [-0.4, -0.2) is 51.4 Å². The number of nitrogens with zero attached hydrogens (tertiary/aromatic N) is 2. The first-order chi connectivity index (χ1) is 18.3. The number of hydrogen-bond donors (Lipinski definition) is 4. The fraction of sp³-hybridized carbons (Fsp3) is 0.231. The van der Waals surface area contributed by atoms with Crippen molar-refractivity contribution in [1.29, 1.82) is 0 Å². The number of pyridine rings is 1. The molecule has 202 valence electrons. The highest BCUT2D eigenvalue weighted by Crippen LogP contribution is 2.47. The molecule has 2 amide bonds. The minimum atomic E-state index is -5.32. The number of carbonyl (C=O) groups is 2. The highest BCUT2D eigenvalue weighted by atomic mass is 19.4. The predicted molar refractivity (Wildman–Crippen MR) is 130 cm³/mol. The molecule has 2 aromatic heterocycles. The summed E-state index contributed by atoms with van der Waals surface area (Å²) in [6.45, 7) is -0.202. The first kappa shape index (κ1) is 26.1. The van der Waals surface area contributed by atoms with Crippen LogP contribution in [0, 0.1) is 5.82 Å². The van der Waals surface area contributed by atoms with Gasteiger partial charge in [-0.1, -0.05) is 6.07 Å². The Labute approximate surface area is 218 Å². The molecule has 1 unspecified atom stereocenters. The summed E-state index contributed by atoms with van der Waals surface area (Å²) >= 11 is 0. The lowest BCUT2D eigenvalue weighted by molar-refractivity contribution is -0.265. The fourth-order valence-corrected chi connectivity index (χ4v) is 4.33. The first-order valence-electron chi connectivity index (χ1n) is 11.6. The highest BCUT2D eigenvalue weighted by Gasteiger charge is 2.57. The second kappa shape index (κ2) is 9.05. The van der Waals surface area contributed by atoms with Gasteiger partial charge >= 0.3 is 6.18 Å². The molecule has 13 heteroatoms. The van der Waals surface area contributed by atoms with Gasteiger partial charge in [-0.2, -0.15) is 18.3 Å². The molecule has 0 spiro atoms. The number of nitrogens with two attached hydrogens (primary N) is 1. The molecule has 1 aliphatic rings. The van der Waals surface area contributed by atoms with Gasteiger partial charge < -0.3 is 20.9 Å². The third-order valence-electron chi connectivity index (χ3n) is 6.84. The van der Waals surface area contributed by atoms with Crippen LogP contribution in [0.25, 0.3) is 22.2 Å². The number of rotatable bonds is 6. The molecule has 3 heterocycles. The number of carbonyl (C=O) groups excluding carboxylic acids is 2. The number of aromatic nitrogens is 3. The maximum absolute atomic E-state index is 14.5. The van der Waals surface area contributed by atoms with Crippen LogP contribution in [0.5, 0.6) is 5.75 Å². The second-order valence-electron chi connectivity index (χ2n) is 9.44. The average Bonchev–Trinajstić information content (AvgIpc) is 3.51. The number of aliphatic hydroxyl groups is 1. The van der Waals surface area contributed by atoms with Gasteiger partial charge in [0.05, 0.1) is 24.0 Å². The standard InChI is InChI=1S/C26H21F4N5O4/c1-24(23(31)37)12-39-21-17(24)9-19(34-20(21)13-4-6-16(27)7-5-13)25(38,26(28,29)30)11-32-22(36)14-2-3-15-10-33-35-18(15)8-14/h2-10,38H,11-12H2,1H3,(H2,31,37)(H,32,36)(H,33,35)/t24-,25?/m0/s1. The average molecular weight is 543 g/mol. The lowest BCUT2D eigenvalue weighted by atomic mass is 9.81. The number of benzene rings is 2. The zero-order valence-corrected chi connectivity index (χ0v) is 20.3. The molecule has 4 aromatic rings. The van der Waals surface area contributed by atoms with Gasteiger partial charge in [0.2, 0.25) is 11.5 Å². The van der Waals surface area contributed by atoms with E-state index in [9.17, 15) is 32.3 Å². The SMILES string of the molecule is C[C@]1(C(N)=O)COc2c1cc(C(O)(CNC(=O)c1ccc3cn[nH]c3c1)C(F)(F)F)nc2-c1ccc(F)cc1. The first-order valence-corrected chi connectivity index (χ1v) is 11.6. The molecule has 0 bridgehead atoms. The smallest absolute Gasteiger partial charge is 0.424 e. The van der Waals surface area contributed by atoms with Gasteiger partial charge in [0, 0.05) is 22.1 Å². The van der Waals surface area contributed by atoms with E-state index in [0.29, 0.717) is 10.9 Å². The molecule has 2 atom stereocenters. The fourth-order valence-electron chi connectivity index (χ4n) is 4.33. The Hall–Kier alpha value is -4.52. The Morgan fingerprint density at radius 2 is 1.90 bits per heavy atom. The van der Waals surface area contributed by atoms with Gasteiger partial charge in [0.25, 0.3) is 5.91 Å². The van der Waals surface area contributed by atoms with Crippen LogP contribution >= 0.6 is 0 Å². The third-order valence-corrected chi connectivity index (χ3v) is 6.84. The zero-order chi connectivity index (χ0) is 28.2. The second-order valence-corrected chi connectivity index (χ2v) is 9.44. The molecule has 0 saturated heterocycles. The Bertz CT molecular complexity index is 1600. The van der Waals surface area contributed by atoms with Gasteiger partial charge in [-0.3, -0.25) is 14.7 Å². The number of aromatic amines is 1. The Morgan fingerprint density at radius 1 is 1.18 bits per heavy atom. The van der Waals surface area contributed by atoms with Crippen LogP contribution in [-0.2, 0) is 15.8 Å². The minimum absolute atomic E-state index is 0.0203. The maximum atomic E-state index is 14.5.